The highest BCUT2D eigenvalue weighted by Gasteiger charge is 2.29. The third-order valence-electron chi connectivity index (χ3n) is 4.36. The van der Waals surface area contributed by atoms with Crippen LogP contribution in [0, 0.1) is 0 Å². The third kappa shape index (κ3) is 3.86. The fourth-order valence-electron chi connectivity index (χ4n) is 2.96. The van der Waals surface area contributed by atoms with Crippen LogP contribution >= 0.6 is 0 Å². The number of carbonyl (C=O) groups excluding carboxylic acids is 2. The van der Waals surface area contributed by atoms with Crippen LogP contribution in [0.3, 0.4) is 0 Å². The topological polar surface area (TPSA) is 70.4 Å². The molecule has 0 radical (unpaired) electrons. The van der Waals surface area contributed by atoms with Gasteiger partial charge >= 0.3 is 11.9 Å². The van der Waals surface area contributed by atoms with E-state index in [9.17, 15) is 9.59 Å². The maximum Gasteiger partial charge on any atom is 0.347 e. The van der Waals surface area contributed by atoms with Crippen molar-refractivity contribution in [2.24, 2.45) is 0 Å². The second-order valence-electron chi connectivity index (χ2n) is 6.29. The Morgan fingerprint density at radius 2 is 1.82 bits per heavy atom. The molecule has 3 aromatic rings. The summed E-state index contributed by atoms with van der Waals surface area (Å²) in [7, 11) is 0. The molecule has 1 saturated heterocycles. The first-order valence-corrected chi connectivity index (χ1v) is 8.96. The van der Waals surface area contributed by atoms with Crippen molar-refractivity contribution >= 4 is 18.0 Å². The number of ether oxygens (including phenoxy) is 2. The molecular formula is C22H18N2O4. The number of hydrogen-bond donors (Lipinski definition) is 0. The molecular weight excluding hydrogens is 356 g/mol. The molecule has 1 aliphatic heterocycles. The Morgan fingerprint density at radius 1 is 1.11 bits per heavy atom. The average molecular weight is 374 g/mol. The quantitative estimate of drug-likeness (QED) is 0.506. The molecule has 0 amide bonds. The number of rotatable bonds is 5. The van der Waals surface area contributed by atoms with Gasteiger partial charge in [-0.15, -0.1) is 0 Å². The van der Waals surface area contributed by atoms with Gasteiger partial charge < -0.3 is 9.47 Å². The molecule has 1 atom stereocenters. The molecule has 6 nitrogen and oxygen atoms in total. The Kier molecular flexibility index (Phi) is 5.01. The Bertz CT molecular complexity index is 1010. The van der Waals surface area contributed by atoms with Crippen molar-refractivity contribution in [1.82, 2.24) is 9.78 Å². The molecule has 0 bridgehead atoms. The van der Waals surface area contributed by atoms with Crippen LogP contribution in [-0.2, 0) is 19.1 Å². The van der Waals surface area contributed by atoms with Crippen molar-refractivity contribution in [3.8, 4) is 16.9 Å². The number of carbonyl (C=O) groups is 2. The average Bonchev–Trinajstić information content (AvgIpc) is 3.34. The van der Waals surface area contributed by atoms with E-state index in [0.717, 1.165) is 22.5 Å². The van der Waals surface area contributed by atoms with Crippen LogP contribution in [0.25, 0.3) is 23.0 Å². The summed E-state index contributed by atoms with van der Waals surface area (Å²) in [5.74, 6) is -1.08. The van der Waals surface area contributed by atoms with E-state index in [4.69, 9.17) is 9.47 Å². The van der Waals surface area contributed by atoms with Gasteiger partial charge in [-0.25, -0.2) is 14.3 Å². The van der Waals surface area contributed by atoms with Crippen LogP contribution in [0.15, 0.2) is 72.9 Å². The summed E-state index contributed by atoms with van der Waals surface area (Å²) < 4.78 is 11.7. The van der Waals surface area contributed by atoms with E-state index in [2.05, 4.69) is 5.10 Å². The summed E-state index contributed by atoms with van der Waals surface area (Å²) in [6.45, 7) is 0.280. The molecule has 1 unspecified atom stereocenters. The van der Waals surface area contributed by atoms with E-state index in [1.807, 2.05) is 66.9 Å². The van der Waals surface area contributed by atoms with Crippen LogP contribution in [-0.4, -0.2) is 34.4 Å². The fourth-order valence-corrected chi connectivity index (χ4v) is 2.96. The molecule has 6 heteroatoms. The van der Waals surface area contributed by atoms with Gasteiger partial charge in [0, 0.05) is 29.8 Å². The lowest BCUT2D eigenvalue weighted by Crippen LogP contribution is -2.21. The van der Waals surface area contributed by atoms with Gasteiger partial charge in [-0.1, -0.05) is 48.5 Å². The number of hydrogen-bond acceptors (Lipinski definition) is 5. The zero-order valence-electron chi connectivity index (χ0n) is 15.0. The summed E-state index contributed by atoms with van der Waals surface area (Å²) in [6, 6.07) is 19.4. The van der Waals surface area contributed by atoms with Gasteiger partial charge in [0.05, 0.1) is 18.0 Å². The van der Waals surface area contributed by atoms with E-state index in [-0.39, 0.29) is 6.61 Å². The zero-order valence-corrected chi connectivity index (χ0v) is 15.0. The molecule has 4 rings (SSSR count). The first-order chi connectivity index (χ1) is 13.7. The van der Waals surface area contributed by atoms with Crippen LogP contribution < -0.4 is 0 Å². The molecule has 140 valence electrons. The first-order valence-electron chi connectivity index (χ1n) is 8.96. The number of esters is 2. The summed E-state index contributed by atoms with van der Waals surface area (Å²) in [5, 5.41) is 4.68. The maximum atomic E-state index is 12.1. The molecule has 0 spiro atoms. The summed E-state index contributed by atoms with van der Waals surface area (Å²) >= 11 is 0. The summed E-state index contributed by atoms with van der Waals surface area (Å²) in [4.78, 5) is 23.5. The van der Waals surface area contributed by atoms with Crippen LogP contribution in [0.4, 0.5) is 0 Å². The second kappa shape index (κ2) is 7.92. The Morgan fingerprint density at radius 3 is 2.50 bits per heavy atom. The molecule has 1 aromatic heterocycles. The smallest absolute Gasteiger partial charge is 0.347 e. The normalized spacial score (nSPS) is 16.3. The minimum absolute atomic E-state index is 0.280. The van der Waals surface area contributed by atoms with E-state index in [1.165, 1.54) is 6.08 Å². The van der Waals surface area contributed by atoms with Crippen molar-refractivity contribution in [3.05, 3.63) is 78.5 Å². The Labute approximate surface area is 162 Å². The number of nitrogens with zero attached hydrogens (tertiary/aromatic N) is 2. The Hall–Kier alpha value is -3.67. The minimum atomic E-state index is -0.821. The Balaban J connectivity index is 1.62. The third-order valence-corrected chi connectivity index (χ3v) is 4.36. The SMILES string of the molecule is O=C(C=Cc1cn(-c2ccccc2)nc1-c1ccccc1)OC1CCOC1=O. The zero-order chi connectivity index (χ0) is 19.3. The highest BCUT2D eigenvalue weighted by Crippen LogP contribution is 2.24. The number of benzene rings is 2. The molecule has 0 N–H and O–H groups in total. The van der Waals surface area contributed by atoms with Gasteiger partial charge in [0.15, 0.2) is 0 Å². The summed E-state index contributed by atoms with van der Waals surface area (Å²) in [6.07, 6.45) is 4.38. The van der Waals surface area contributed by atoms with Crippen LogP contribution in [0.2, 0.25) is 0 Å². The summed E-state index contributed by atoms with van der Waals surface area (Å²) in [5.41, 5.74) is 3.36. The molecule has 28 heavy (non-hydrogen) atoms. The minimum Gasteiger partial charge on any atom is -0.463 e. The predicted octanol–water partition coefficient (Wildman–Crippen LogP) is 3.41. The monoisotopic (exact) mass is 374 g/mol. The standard InChI is InChI=1S/C22H18N2O4/c25-20(28-19-13-14-27-22(19)26)12-11-17-15-24(18-9-5-2-6-10-18)23-21(17)16-7-3-1-4-8-16/h1-12,15,19H,13-14H2. The molecule has 0 saturated carbocycles. The highest BCUT2D eigenvalue weighted by molar-refractivity contribution is 5.90. The van der Waals surface area contributed by atoms with Crippen molar-refractivity contribution in [1.29, 1.82) is 0 Å². The van der Waals surface area contributed by atoms with E-state index >= 15 is 0 Å². The second-order valence-corrected chi connectivity index (χ2v) is 6.29. The van der Waals surface area contributed by atoms with E-state index in [0.29, 0.717) is 6.42 Å². The van der Waals surface area contributed by atoms with Gasteiger partial charge in [0.2, 0.25) is 6.10 Å². The van der Waals surface area contributed by atoms with Crippen LogP contribution in [0.1, 0.15) is 12.0 Å². The lowest BCUT2D eigenvalue weighted by atomic mass is 10.1. The number of aromatic nitrogens is 2. The van der Waals surface area contributed by atoms with Gasteiger partial charge in [0.25, 0.3) is 0 Å². The molecule has 2 aromatic carbocycles. The van der Waals surface area contributed by atoms with Crippen molar-refractivity contribution in [2.75, 3.05) is 6.61 Å². The lowest BCUT2D eigenvalue weighted by Gasteiger charge is -2.05. The van der Waals surface area contributed by atoms with Crippen molar-refractivity contribution in [3.63, 3.8) is 0 Å². The molecule has 1 aliphatic rings. The lowest BCUT2D eigenvalue weighted by molar-refractivity contribution is -0.156. The van der Waals surface area contributed by atoms with Gasteiger partial charge in [-0.05, 0) is 18.2 Å². The van der Waals surface area contributed by atoms with E-state index in [1.54, 1.807) is 10.8 Å². The number of cyclic esters (lactones) is 1. The largest absolute Gasteiger partial charge is 0.463 e. The maximum absolute atomic E-state index is 12.1. The highest BCUT2D eigenvalue weighted by atomic mass is 16.6. The van der Waals surface area contributed by atoms with Gasteiger partial charge in [-0.2, -0.15) is 5.10 Å². The number of para-hydroxylation sites is 1. The predicted molar refractivity (Wildman–Crippen MR) is 103 cm³/mol. The van der Waals surface area contributed by atoms with Crippen LogP contribution in [0.5, 0.6) is 0 Å². The van der Waals surface area contributed by atoms with Gasteiger partial charge in [0.1, 0.15) is 0 Å². The molecule has 2 heterocycles. The van der Waals surface area contributed by atoms with Crippen molar-refractivity contribution < 1.29 is 19.1 Å². The first kappa shape index (κ1) is 17.7. The van der Waals surface area contributed by atoms with E-state index < -0.39 is 18.0 Å². The van der Waals surface area contributed by atoms with Crippen molar-refractivity contribution in [2.45, 2.75) is 12.5 Å². The van der Waals surface area contributed by atoms with Gasteiger partial charge in [-0.3, -0.25) is 0 Å². The fraction of sp³-hybridized carbons (Fsp3) is 0.136. The molecule has 1 fully saturated rings. The molecule has 0 aliphatic carbocycles.